The van der Waals surface area contributed by atoms with Crippen LogP contribution in [0.25, 0.3) is 0 Å². The van der Waals surface area contributed by atoms with Crippen LogP contribution in [0.1, 0.15) is 28.8 Å². The molecule has 2 N–H and O–H groups in total. The lowest BCUT2D eigenvalue weighted by Crippen LogP contribution is -2.26. The molecule has 2 rings (SSSR count). The monoisotopic (exact) mass is 274 g/mol. The molecule has 0 aliphatic carbocycles. The predicted molar refractivity (Wildman–Crippen MR) is 74.2 cm³/mol. The van der Waals surface area contributed by atoms with E-state index in [-0.39, 0.29) is 18.3 Å². The summed E-state index contributed by atoms with van der Waals surface area (Å²) in [7, 11) is 0. The Labute approximate surface area is 112 Å². The summed E-state index contributed by atoms with van der Waals surface area (Å²) in [4.78, 5) is 11.8. The zero-order valence-electron chi connectivity index (χ0n) is 9.99. The number of hydrogen-bond donors (Lipinski definition) is 2. The van der Waals surface area contributed by atoms with Crippen molar-refractivity contribution in [1.82, 2.24) is 10.6 Å². The fourth-order valence-electron chi connectivity index (χ4n) is 2.04. The van der Waals surface area contributed by atoms with Gasteiger partial charge < -0.3 is 10.6 Å². The number of halogens is 1. The molecule has 96 valence electrons. The Balaban J connectivity index is 0.00000144. The molecule has 1 aliphatic heterocycles. The number of hydrogen-bond acceptors (Lipinski definition) is 3. The summed E-state index contributed by atoms with van der Waals surface area (Å²) >= 11 is 1.58. The van der Waals surface area contributed by atoms with Gasteiger partial charge in [-0.3, -0.25) is 4.79 Å². The smallest absolute Gasteiger partial charge is 0.252 e. The maximum atomic E-state index is 11.8. The summed E-state index contributed by atoms with van der Waals surface area (Å²) < 4.78 is 0. The molecule has 1 aromatic heterocycles. The van der Waals surface area contributed by atoms with Crippen molar-refractivity contribution in [1.29, 1.82) is 0 Å². The van der Waals surface area contributed by atoms with Gasteiger partial charge in [-0.25, -0.2) is 0 Å². The molecule has 1 aliphatic rings. The van der Waals surface area contributed by atoms with Crippen LogP contribution in [0.3, 0.4) is 0 Å². The standard InChI is InChI=1S/C12H18N2OS.ClH/c1-9-7-16-8-11(9)12(15)14-5-3-10-2-4-13-6-10;/h7-8,10,13H,2-6H2,1H3,(H,14,15);1H. The Morgan fingerprint density at radius 2 is 2.41 bits per heavy atom. The zero-order valence-corrected chi connectivity index (χ0v) is 11.6. The van der Waals surface area contributed by atoms with E-state index in [2.05, 4.69) is 10.6 Å². The third-order valence-electron chi connectivity index (χ3n) is 3.10. The molecule has 0 saturated carbocycles. The Hall–Kier alpha value is -0.580. The third-order valence-corrected chi connectivity index (χ3v) is 3.96. The van der Waals surface area contributed by atoms with Crippen LogP contribution < -0.4 is 10.6 Å². The van der Waals surface area contributed by atoms with E-state index in [9.17, 15) is 4.79 Å². The highest BCUT2D eigenvalue weighted by atomic mass is 35.5. The summed E-state index contributed by atoms with van der Waals surface area (Å²) in [5, 5.41) is 10.3. The van der Waals surface area contributed by atoms with Crippen LogP contribution in [-0.2, 0) is 0 Å². The molecule has 1 amide bonds. The molecule has 1 atom stereocenters. The Morgan fingerprint density at radius 1 is 1.59 bits per heavy atom. The molecule has 1 fully saturated rings. The third kappa shape index (κ3) is 3.98. The molecular formula is C12H19ClN2OS. The minimum Gasteiger partial charge on any atom is -0.352 e. The lowest BCUT2D eigenvalue weighted by molar-refractivity contribution is 0.0951. The molecule has 17 heavy (non-hydrogen) atoms. The van der Waals surface area contributed by atoms with E-state index in [1.54, 1.807) is 11.3 Å². The van der Waals surface area contributed by atoms with E-state index in [4.69, 9.17) is 0 Å². The quantitative estimate of drug-likeness (QED) is 0.884. The predicted octanol–water partition coefficient (Wildman–Crippen LogP) is 2.21. The maximum absolute atomic E-state index is 11.8. The minimum absolute atomic E-state index is 0. The normalized spacial score (nSPS) is 18.8. The summed E-state index contributed by atoms with van der Waals surface area (Å²) in [6.45, 7) is 5.00. The van der Waals surface area contributed by atoms with Crippen LogP contribution in [-0.4, -0.2) is 25.5 Å². The Bertz CT molecular complexity index is 361. The minimum atomic E-state index is 0. The van der Waals surface area contributed by atoms with Crippen molar-refractivity contribution < 1.29 is 4.79 Å². The van der Waals surface area contributed by atoms with Gasteiger partial charge in [-0.2, -0.15) is 11.3 Å². The first-order valence-corrected chi connectivity index (χ1v) is 6.73. The van der Waals surface area contributed by atoms with Crippen molar-refractivity contribution in [2.24, 2.45) is 5.92 Å². The fraction of sp³-hybridized carbons (Fsp3) is 0.583. The number of rotatable bonds is 4. The molecule has 1 unspecified atom stereocenters. The van der Waals surface area contributed by atoms with Gasteiger partial charge in [-0.15, -0.1) is 12.4 Å². The van der Waals surface area contributed by atoms with E-state index in [1.807, 2.05) is 17.7 Å². The molecule has 1 saturated heterocycles. The number of amides is 1. The average molecular weight is 275 g/mol. The molecular weight excluding hydrogens is 256 g/mol. The van der Waals surface area contributed by atoms with Crippen LogP contribution in [0.2, 0.25) is 0 Å². The molecule has 3 nitrogen and oxygen atoms in total. The van der Waals surface area contributed by atoms with Crippen molar-refractivity contribution in [2.75, 3.05) is 19.6 Å². The molecule has 2 heterocycles. The van der Waals surface area contributed by atoms with E-state index in [0.717, 1.165) is 43.1 Å². The fourth-order valence-corrected chi connectivity index (χ4v) is 2.87. The van der Waals surface area contributed by atoms with Gasteiger partial charge in [0.05, 0.1) is 5.56 Å². The second kappa shape index (κ2) is 6.99. The number of carbonyl (C=O) groups is 1. The van der Waals surface area contributed by atoms with Gasteiger partial charge in [-0.1, -0.05) is 0 Å². The van der Waals surface area contributed by atoms with E-state index >= 15 is 0 Å². The summed E-state index contributed by atoms with van der Waals surface area (Å²) in [5.74, 6) is 0.813. The van der Waals surface area contributed by atoms with Crippen LogP contribution >= 0.6 is 23.7 Å². The van der Waals surface area contributed by atoms with Crippen LogP contribution in [0.5, 0.6) is 0 Å². The molecule has 1 aromatic rings. The molecule has 0 aromatic carbocycles. The highest BCUT2D eigenvalue weighted by Gasteiger charge is 2.15. The van der Waals surface area contributed by atoms with Crippen molar-refractivity contribution in [2.45, 2.75) is 19.8 Å². The van der Waals surface area contributed by atoms with Gasteiger partial charge in [0.1, 0.15) is 0 Å². The number of aryl methyl sites for hydroxylation is 1. The summed E-state index contributed by atoms with van der Waals surface area (Å²) in [6, 6.07) is 0. The number of nitrogens with one attached hydrogen (secondary N) is 2. The topological polar surface area (TPSA) is 41.1 Å². The van der Waals surface area contributed by atoms with Gasteiger partial charge in [-0.05, 0) is 49.7 Å². The van der Waals surface area contributed by atoms with Crippen molar-refractivity contribution in [3.63, 3.8) is 0 Å². The molecule has 0 spiro atoms. The second-order valence-corrected chi connectivity index (χ2v) is 5.12. The average Bonchev–Trinajstić information content (AvgIpc) is 2.88. The molecule has 0 bridgehead atoms. The van der Waals surface area contributed by atoms with Crippen LogP contribution in [0.4, 0.5) is 0 Å². The van der Waals surface area contributed by atoms with Crippen molar-refractivity contribution >= 4 is 29.7 Å². The Morgan fingerprint density at radius 3 is 3.00 bits per heavy atom. The highest BCUT2D eigenvalue weighted by molar-refractivity contribution is 7.08. The number of carbonyl (C=O) groups excluding carboxylic acids is 1. The van der Waals surface area contributed by atoms with Gasteiger partial charge >= 0.3 is 0 Å². The van der Waals surface area contributed by atoms with Crippen LogP contribution in [0.15, 0.2) is 10.8 Å². The second-order valence-electron chi connectivity index (χ2n) is 4.37. The van der Waals surface area contributed by atoms with Gasteiger partial charge in [0, 0.05) is 11.9 Å². The largest absolute Gasteiger partial charge is 0.352 e. The van der Waals surface area contributed by atoms with E-state index in [1.165, 1.54) is 6.42 Å². The molecule has 0 radical (unpaired) electrons. The highest BCUT2D eigenvalue weighted by Crippen LogP contribution is 2.14. The number of thiophene rings is 1. The van der Waals surface area contributed by atoms with E-state index in [0.29, 0.717) is 0 Å². The van der Waals surface area contributed by atoms with Gasteiger partial charge in [0.2, 0.25) is 0 Å². The lowest BCUT2D eigenvalue weighted by Gasteiger charge is -2.09. The SMILES string of the molecule is Cc1cscc1C(=O)NCCC1CCNC1.Cl. The molecule has 5 heteroatoms. The van der Waals surface area contributed by atoms with Crippen molar-refractivity contribution in [3.8, 4) is 0 Å². The van der Waals surface area contributed by atoms with Crippen LogP contribution in [0, 0.1) is 12.8 Å². The van der Waals surface area contributed by atoms with E-state index < -0.39 is 0 Å². The maximum Gasteiger partial charge on any atom is 0.252 e. The van der Waals surface area contributed by atoms with Gasteiger partial charge in [0.15, 0.2) is 0 Å². The Kier molecular flexibility index (Phi) is 5.95. The lowest BCUT2D eigenvalue weighted by atomic mass is 10.1. The van der Waals surface area contributed by atoms with Gasteiger partial charge in [0.25, 0.3) is 5.91 Å². The first kappa shape index (κ1) is 14.5. The first-order valence-electron chi connectivity index (χ1n) is 5.79. The van der Waals surface area contributed by atoms with Crippen molar-refractivity contribution in [3.05, 3.63) is 21.9 Å². The summed E-state index contributed by atoms with van der Waals surface area (Å²) in [6.07, 6.45) is 2.33. The summed E-state index contributed by atoms with van der Waals surface area (Å²) in [5.41, 5.74) is 1.90. The first-order chi connectivity index (χ1) is 7.77. The zero-order chi connectivity index (χ0) is 11.4.